The quantitative estimate of drug-likeness (QED) is 0.838. The lowest BCUT2D eigenvalue weighted by atomic mass is 9.95. The zero-order valence-electron chi connectivity index (χ0n) is 9.17. The number of hydrogen-bond acceptors (Lipinski definition) is 4. The van der Waals surface area contributed by atoms with Crippen molar-refractivity contribution in [2.24, 2.45) is 0 Å². The molecule has 2 rings (SSSR count). The Balaban J connectivity index is 2.74. The highest BCUT2D eigenvalue weighted by atomic mass is 32.2. The normalized spacial score (nSPS) is 17.7. The number of sulfone groups is 1. The smallest absolute Gasteiger partial charge is 0.314 e. The highest BCUT2D eigenvalue weighted by Gasteiger charge is 2.55. The molecule has 0 unspecified atom stereocenters. The van der Waals surface area contributed by atoms with Crippen LogP contribution in [0.2, 0.25) is 0 Å². The van der Waals surface area contributed by atoms with E-state index >= 15 is 0 Å². The van der Waals surface area contributed by atoms with E-state index < -0.39 is 21.2 Å². The molecule has 0 bridgehead atoms. The molecule has 0 aliphatic heterocycles. The average Bonchev–Trinajstić information content (AvgIpc) is 2.96. The van der Waals surface area contributed by atoms with Gasteiger partial charge in [-0.05, 0) is 25.0 Å². The van der Waals surface area contributed by atoms with Crippen molar-refractivity contribution in [3.63, 3.8) is 0 Å². The fraction of sp³-hybridized carbons (Fsp3) is 0.364. The summed E-state index contributed by atoms with van der Waals surface area (Å²) in [5.41, 5.74) is -1.21. The van der Waals surface area contributed by atoms with E-state index in [1.165, 1.54) is 18.2 Å². The van der Waals surface area contributed by atoms with Crippen LogP contribution >= 0.6 is 0 Å². The van der Waals surface area contributed by atoms with E-state index in [1.54, 1.807) is 0 Å². The molecule has 1 aliphatic rings. The summed E-state index contributed by atoms with van der Waals surface area (Å²) in [6.45, 7) is 0. The SMILES string of the molecule is CS(=O)(=O)c1cccc(O)c1C1(C(=O)O)CC1. The van der Waals surface area contributed by atoms with Crippen LogP contribution in [-0.4, -0.2) is 30.9 Å². The first kappa shape index (κ1) is 11.9. The van der Waals surface area contributed by atoms with Gasteiger partial charge in [-0.2, -0.15) is 0 Å². The molecule has 1 aliphatic carbocycles. The van der Waals surface area contributed by atoms with E-state index in [2.05, 4.69) is 0 Å². The fourth-order valence-electron chi connectivity index (χ4n) is 2.01. The van der Waals surface area contributed by atoms with Gasteiger partial charge in [-0.15, -0.1) is 0 Å². The van der Waals surface area contributed by atoms with Gasteiger partial charge in [0.05, 0.1) is 10.3 Å². The number of aromatic hydroxyl groups is 1. The Morgan fingerprint density at radius 2 is 1.94 bits per heavy atom. The lowest BCUT2D eigenvalue weighted by molar-refractivity contribution is -0.140. The van der Waals surface area contributed by atoms with Gasteiger partial charge < -0.3 is 10.2 Å². The predicted octanol–water partition coefficient (Wildman–Crippen LogP) is 0.912. The van der Waals surface area contributed by atoms with Gasteiger partial charge in [-0.25, -0.2) is 8.42 Å². The van der Waals surface area contributed by atoms with Crippen LogP contribution in [-0.2, 0) is 20.0 Å². The lowest BCUT2D eigenvalue weighted by Crippen LogP contribution is -2.22. The van der Waals surface area contributed by atoms with E-state index in [0.717, 1.165) is 6.26 Å². The standard InChI is InChI=1S/C11H12O5S/c1-17(15,16)8-4-2-3-7(12)9(8)11(5-6-11)10(13)14/h2-4,12H,5-6H2,1H3,(H,13,14). The molecule has 1 fully saturated rings. The van der Waals surface area contributed by atoms with Crippen molar-refractivity contribution in [1.29, 1.82) is 0 Å². The van der Waals surface area contributed by atoms with Gasteiger partial charge in [-0.1, -0.05) is 6.07 Å². The minimum atomic E-state index is -3.56. The number of phenols is 1. The van der Waals surface area contributed by atoms with Crippen molar-refractivity contribution >= 4 is 15.8 Å². The maximum atomic E-state index is 11.6. The molecule has 2 N–H and O–H groups in total. The van der Waals surface area contributed by atoms with Crippen LogP contribution in [0.25, 0.3) is 0 Å². The monoisotopic (exact) mass is 256 g/mol. The molecule has 1 aromatic carbocycles. The molecule has 17 heavy (non-hydrogen) atoms. The molecule has 5 nitrogen and oxygen atoms in total. The van der Waals surface area contributed by atoms with E-state index in [-0.39, 0.29) is 16.2 Å². The van der Waals surface area contributed by atoms with Crippen molar-refractivity contribution in [2.75, 3.05) is 6.26 Å². The Morgan fingerprint density at radius 3 is 2.35 bits per heavy atom. The summed E-state index contributed by atoms with van der Waals surface area (Å²) in [6, 6.07) is 4.04. The van der Waals surface area contributed by atoms with Gasteiger partial charge in [0.1, 0.15) is 5.75 Å². The third-order valence-corrected chi connectivity index (χ3v) is 4.18. The van der Waals surface area contributed by atoms with Crippen molar-refractivity contribution in [3.05, 3.63) is 23.8 Å². The topological polar surface area (TPSA) is 91.7 Å². The average molecular weight is 256 g/mol. The van der Waals surface area contributed by atoms with Crippen LogP contribution in [0.1, 0.15) is 18.4 Å². The van der Waals surface area contributed by atoms with E-state index in [4.69, 9.17) is 5.11 Å². The van der Waals surface area contributed by atoms with Crippen LogP contribution in [0.3, 0.4) is 0 Å². The first-order valence-electron chi connectivity index (χ1n) is 5.05. The maximum Gasteiger partial charge on any atom is 0.314 e. The molecule has 0 radical (unpaired) electrons. The molecule has 0 amide bonds. The van der Waals surface area contributed by atoms with Crippen LogP contribution < -0.4 is 0 Å². The van der Waals surface area contributed by atoms with Gasteiger partial charge >= 0.3 is 5.97 Å². The lowest BCUT2D eigenvalue weighted by Gasteiger charge is -2.16. The second-order valence-electron chi connectivity index (χ2n) is 4.31. The summed E-state index contributed by atoms with van der Waals surface area (Å²) >= 11 is 0. The van der Waals surface area contributed by atoms with Gasteiger partial charge in [-0.3, -0.25) is 4.79 Å². The molecule has 0 spiro atoms. The number of hydrogen-bond donors (Lipinski definition) is 2. The first-order chi connectivity index (χ1) is 7.79. The molecule has 0 saturated heterocycles. The zero-order valence-corrected chi connectivity index (χ0v) is 9.99. The maximum absolute atomic E-state index is 11.6. The zero-order chi connectivity index (χ0) is 12.8. The summed E-state index contributed by atoms with van der Waals surface area (Å²) < 4.78 is 23.2. The van der Waals surface area contributed by atoms with Crippen molar-refractivity contribution in [1.82, 2.24) is 0 Å². The van der Waals surface area contributed by atoms with Crippen LogP contribution in [0.15, 0.2) is 23.1 Å². The molecule has 6 heteroatoms. The number of carboxylic acids is 1. The summed E-state index contributed by atoms with van der Waals surface area (Å²) in [6.07, 6.45) is 1.70. The van der Waals surface area contributed by atoms with Crippen LogP contribution in [0.5, 0.6) is 5.75 Å². The third kappa shape index (κ3) is 1.78. The highest BCUT2D eigenvalue weighted by molar-refractivity contribution is 7.90. The van der Waals surface area contributed by atoms with Crippen molar-refractivity contribution < 1.29 is 23.4 Å². The molecule has 0 heterocycles. The minimum absolute atomic E-state index is 0.0231. The number of carboxylic acid groups (broad SMARTS) is 1. The van der Waals surface area contributed by atoms with Gasteiger partial charge in [0.2, 0.25) is 0 Å². The Hall–Kier alpha value is -1.56. The summed E-state index contributed by atoms with van der Waals surface area (Å²) in [5.74, 6) is -1.36. The molecule has 1 saturated carbocycles. The third-order valence-electron chi connectivity index (χ3n) is 3.04. The van der Waals surface area contributed by atoms with E-state index in [9.17, 15) is 18.3 Å². The Morgan fingerprint density at radius 1 is 1.35 bits per heavy atom. The van der Waals surface area contributed by atoms with Crippen molar-refractivity contribution in [2.45, 2.75) is 23.2 Å². The number of benzene rings is 1. The van der Waals surface area contributed by atoms with Crippen LogP contribution in [0.4, 0.5) is 0 Å². The molecule has 0 aromatic heterocycles. The number of phenolic OH excluding ortho intramolecular Hbond substituents is 1. The summed E-state index contributed by atoms with van der Waals surface area (Å²) in [4.78, 5) is 11.1. The molecule has 0 atom stereocenters. The Bertz CT molecular complexity index is 584. The van der Waals surface area contributed by atoms with Crippen LogP contribution in [0, 0.1) is 0 Å². The summed E-state index contributed by atoms with van der Waals surface area (Å²) in [7, 11) is -3.56. The van der Waals surface area contributed by atoms with Gasteiger partial charge in [0.25, 0.3) is 0 Å². The molecular weight excluding hydrogens is 244 g/mol. The van der Waals surface area contributed by atoms with Gasteiger partial charge in [0.15, 0.2) is 9.84 Å². The largest absolute Gasteiger partial charge is 0.508 e. The molecular formula is C11H12O5S. The first-order valence-corrected chi connectivity index (χ1v) is 6.94. The second kappa shape index (κ2) is 3.46. The van der Waals surface area contributed by atoms with Gasteiger partial charge in [0, 0.05) is 11.8 Å². The predicted molar refractivity (Wildman–Crippen MR) is 59.8 cm³/mol. The number of carbonyl (C=O) groups is 1. The number of aliphatic carboxylic acids is 1. The Labute approximate surface area is 98.6 Å². The van der Waals surface area contributed by atoms with E-state index in [1.807, 2.05) is 0 Å². The molecule has 1 aromatic rings. The van der Waals surface area contributed by atoms with Crippen molar-refractivity contribution in [3.8, 4) is 5.75 Å². The fourth-order valence-corrected chi connectivity index (χ4v) is 3.00. The minimum Gasteiger partial charge on any atom is -0.508 e. The number of rotatable bonds is 3. The van der Waals surface area contributed by atoms with E-state index in [0.29, 0.717) is 12.8 Å². The Kier molecular flexibility index (Phi) is 2.43. The second-order valence-corrected chi connectivity index (χ2v) is 6.29. The molecule has 92 valence electrons. The highest BCUT2D eigenvalue weighted by Crippen LogP contribution is 2.53. The summed E-state index contributed by atoms with van der Waals surface area (Å²) in [5, 5.41) is 18.9.